The lowest BCUT2D eigenvalue weighted by Crippen LogP contribution is -2.48. The van der Waals surface area contributed by atoms with E-state index in [2.05, 4.69) is 0 Å². The van der Waals surface area contributed by atoms with Gasteiger partial charge in [-0.05, 0) is 42.8 Å². The van der Waals surface area contributed by atoms with E-state index >= 15 is 0 Å². The third-order valence-corrected chi connectivity index (χ3v) is 7.35. The molecule has 1 aliphatic heterocycles. The summed E-state index contributed by atoms with van der Waals surface area (Å²) < 4.78 is 38.4. The molecular formula is C25H25NO6S. The zero-order chi connectivity index (χ0) is 23.6. The van der Waals surface area contributed by atoms with Crippen molar-refractivity contribution in [2.75, 3.05) is 19.7 Å². The van der Waals surface area contributed by atoms with Crippen molar-refractivity contribution in [2.45, 2.75) is 31.0 Å². The maximum Gasteiger partial charge on any atom is 0.338 e. The Kier molecular flexibility index (Phi) is 6.60. The third-order valence-electron chi connectivity index (χ3n) is 5.52. The van der Waals surface area contributed by atoms with Crippen molar-refractivity contribution in [2.24, 2.45) is 0 Å². The molecule has 1 fully saturated rings. The van der Waals surface area contributed by atoms with Gasteiger partial charge in [0, 0.05) is 18.7 Å². The van der Waals surface area contributed by atoms with Gasteiger partial charge in [0.25, 0.3) is 0 Å². The Hall–Kier alpha value is -3.07. The summed E-state index contributed by atoms with van der Waals surface area (Å²) in [6.07, 6.45) is -0.450. The minimum atomic E-state index is -3.80. The van der Waals surface area contributed by atoms with Gasteiger partial charge in [0.1, 0.15) is 0 Å². The molecule has 0 spiro atoms. The fourth-order valence-corrected chi connectivity index (χ4v) is 5.66. The summed E-state index contributed by atoms with van der Waals surface area (Å²) in [5, 5.41) is 1.70. The van der Waals surface area contributed by atoms with Gasteiger partial charge in [0.05, 0.1) is 22.7 Å². The Balaban J connectivity index is 1.48. The summed E-state index contributed by atoms with van der Waals surface area (Å²) >= 11 is 0. The lowest BCUT2D eigenvalue weighted by atomic mass is 10.0. The quantitative estimate of drug-likeness (QED) is 0.406. The first-order valence-electron chi connectivity index (χ1n) is 10.7. The van der Waals surface area contributed by atoms with Crippen molar-refractivity contribution in [1.82, 2.24) is 4.31 Å². The number of ketones is 1. The highest BCUT2D eigenvalue weighted by Crippen LogP contribution is 2.23. The van der Waals surface area contributed by atoms with Crippen LogP contribution in [0.5, 0.6) is 0 Å². The van der Waals surface area contributed by atoms with Gasteiger partial charge in [-0.1, -0.05) is 48.5 Å². The van der Waals surface area contributed by atoms with Gasteiger partial charge in [-0.2, -0.15) is 4.31 Å². The fourth-order valence-electron chi connectivity index (χ4n) is 4.02. The molecule has 0 saturated carbocycles. The molecule has 0 aliphatic carbocycles. The van der Waals surface area contributed by atoms with Crippen molar-refractivity contribution in [3.63, 3.8) is 0 Å². The molecular weight excluding hydrogens is 442 g/mol. The van der Waals surface area contributed by atoms with Crippen LogP contribution in [0, 0.1) is 0 Å². The molecule has 172 valence electrons. The van der Waals surface area contributed by atoms with Crippen molar-refractivity contribution >= 4 is 32.5 Å². The number of ether oxygens (including phenoxy) is 2. The van der Waals surface area contributed by atoms with Crippen LogP contribution in [-0.2, 0) is 19.5 Å². The predicted molar refractivity (Wildman–Crippen MR) is 124 cm³/mol. The molecule has 0 unspecified atom stereocenters. The van der Waals surface area contributed by atoms with Crippen LogP contribution in [0.1, 0.15) is 34.6 Å². The van der Waals surface area contributed by atoms with E-state index in [1.165, 1.54) is 28.6 Å². The van der Waals surface area contributed by atoms with Gasteiger partial charge >= 0.3 is 5.97 Å². The largest absolute Gasteiger partial charge is 0.454 e. The van der Waals surface area contributed by atoms with Crippen LogP contribution < -0.4 is 0 Å². The number of carbonyl (C=O) groups excluding carboxylic acids is 2. The minimum Gasteiger partial charge on any atom is -0.454 e. The molecule has 2 atom stereocenters. The molecule has 0 aromatic heterocycles. The van der Waals surface area contributed by atoms with Crippen LogP contribution in [-0.4, -0.2) is 56.4 Å². The molecule has 0 bridgehead atoms. The smallest absolute Gasteiger partial charge is 0.338 e. The van der Waals surface area contributed by atoms with Crippen LogP contribution in [0.4, 0.5) is 0 Å². The molecule has 33 heavy (non-hydrogen) atoms. The summed E-state index contributed by atoms with van der Waals surface area (Å²) in [6.45, 7) is 3.67. The average Bonchev–Trinajstić information content (AvgIpc) is 2.81. The second kappa shape index (κ2) is 9.43. The number of benzene rings is 3. The molecule has 0 radical (unpaired) electrons. The number of sulfonamides is 1. The van der Waals surface area contributed by atoms with Crippen molar-refractivity contribution < 1.29 is 27.5 Å². The van der Waals surface area contributed by atoms with E-state index in [0.29, 0.717) is 5.56 Å². The molecule has 7 nitrogen and oxygen atoms in total. The maximum atomic E-state index is 13.1. The van der Waals surface area contributed by atoms with Gasteiger partial charge < -0.3 is 9.47 Å². The highest BCUT2D eigenvalue weighted by molar-refractivity contribution is 7.89. The number of nitrogens with zero attached hydrogens (tertiary/aromatic N) is 1. The maximum absolute atomic E-state index is 13.1. The number of hydrogen-bond donors (Lipinski definition) is 0. The van der Waals surface area contributed by atoms with E-state index in [-0.39, 0.29) is 41.5 Å². The second-order valence-corrected chi connectivity index (χ2v) is 10.1. The number of esters is 1. The fraction of sp³-hybridized carbons (Fsp3) is 0.280. The first-order valence-corrected chi connectivity index (χ1v) is 12.1. The minimum absolute atomic E-state index is 0.00127. The Morgan fingerprint density at radius 1 is 0.970 bits per heavy atom. The number of hydrogen-bond acceptors (Lipinski definition) is 6. The first kappa shape index (κ1) is 23.1. The normalized spacial score (nSPS) is 19.3. The average molecular weight is 468 g/mol. The summed E-state index contributed by atoms with van der Waals surface area (Å²) in [5.41, 5.74) is 0.531. The second-order valence-electron chi connectivity index (χ2n) is 8.13. The molecule has 3 aromatic carbocycles. The van der Waals surface area contributed by atoms with E-state index in [4.69, 9.17) is 9.47 Å². The van der Waals surface area contributed by atoms with Crippen molar-refractivity contribution in [1.29, 1.82) is 0 Å². The molecule has 1 saturated heterocycles. The van der Waals surface area contributed by atoms with Crippen LogP contribution in [0.2, 0.25) is 0 Å². The molecule has 0 N–H and O–H groups in total. The van der Waals surface area contributed by atoms with E-state index in [1.54, 1.807) is 12.1 Å². The Morgan fingerprint density at radius 2 is 1.64 bits per heavy atom. The Bertz CT molecular complexity index is 1290. The lowest BCUT2D eigenvalue weighted by molar-refractivity contribution is -0.0440. The van der Waals surface area contributed by atoms with Crippen LogP contribution in [0.25, 0.3) is 10.8 Å². The van der Waals surface area contributed by atoms with Crippen LogP contribution in [0.3, 0.4) is 0 Å². The number of Topliss-reactive ketones (excluding diaryl/α,β-unsaturated/α-hetero) is 1. The van der Waals surface area contributed by atoms with Gasteiger partial charge in [-0.25, -0.2) is 13.2 Å². The number of carbonyl (C=O) groups is 2. The Morgan fingerprint density at radius 3 is 2.39 bits per heavy atom. The summed E-state index contributed by atoms with van der Waals surface area (Å²) in [5.74, 6) is -1.09. The van der Waals surface area contributed by atoms with Crippen molar-refractivity contribution in [3.05, 3.63) is 77.9 Å². The van der Waals surface area contributed by atoms with Gasteiger partial charge in [-0.3, -0.25) is 4.79 Å². The van der Waals surface area contributed by atoms with Crippen LogP contribution >= 0.6 is 0 Å². The van der Waals surface area contributed by atoms with E-state index in [9.17, 15) is 18.0 Å². The first-order chi connectivity index (χ1) is 15.8. The number of rotatable bonds is 6. The van der Waals surface area contributed by atoms with Crippen molar-refractivity contribution in [3.8, 4) is 0 Å². The highest BCUT2D eigenvalue weighted by Gasteiger charge is 2.32. The molecule has 4 rings (SSSR count). The van der Waals surface area contributed by atoms with Gasteiger partial charge in [0.15, 0.2) is 6.61 Å². The van der Waals surface area contributed by atoms with Gasteiger partial charge in [-0.15, -0.1) is 0 Å². The van der Waals surface area contributed by atoms with Gasteiger partial charge in [0.2, 0.25) is 15.8 Å². The molecule has 3 aromatic rings. The van der Waals surface area contributed by atoms with E-state index in [1.807, 2.05) is 44.2 Å². The number of fused-ring (bicyclic) bond motifs is 1. The topological polar surface area (TPSA) is 90.0 Å². The Labute approximate surface area is 193 Å². The molecule has 1 heterocycles. The summed E-state index contributed by atoms with van der Waals surface area (Å²) in [6, 6.07) is 18.5. The van der Waals surface area contributed by atoms with E-state index < -0.39 is 22.6 Å². The molecule has 1 aliphatic rings. The zero-order valence-electron chi connectivity index (χ0n) is 18.4. The summed E-state index contributed by atoms with van der Waals surface area (Å²) in [4.78, 5) is 25.3. The third kappa shape index (κ3) is 4.98. The monoisotopic (exact) mass is 467 g/mol. The standard InChI is InChI=1S/C25H25NO6S/c1-17-14-26(15-18(2)32-17)33(29,30)21-10-5-9-20(13-21)25(28)31-16-24(27)23-12-6-8-19-7-3-4-11-22(19)23/h3-13,17-18H,14-16H2,1-2H3/t17-,18-/m1/s1. The molecule has 0 amide bonds. The lowest BCUT2D eigenvalue weighted by Gasteiger charge is -2.34. The molecule has 8 heteroatoms. The summed E-state index contributed by atoms with van der Waals surface area (Å²) in [7, 11) is -3.80. The van der Waals surface area contributed by atoms with Crippen LogP contribution in [0.15, 0.2) is 71.6 Å². The highest BCUT2D eigenvalue weighted by atomic mass is 32.2. The van der Waals surface area contributed by atoms with E-state index in [0.717, 1.165) is 10.8 Å². The number of morpholine rings is 1. The predicted octanol–water partition coefficient (Wildman–Crippen LogP) is 3.68. The SMILES string of the molecule is C[C@@H]1CN(S(=O)(=O)c2cccc(C(=O)OCC(=O)c3cccc4ccccc34)c2)C[C@@H](C)O1. The zero-order valence-corrected chi connectivity index (χ0v) is 19.2.